The number of nitrogens with zero attached hydrogens (tertiary/aromatic N) is 1. The molecule has 20 N–H and O–H groups in total. The van der Waals surface area contributed by atoms with Crippen molar-refractivity contribution in [3.8, 4) is 0 Å². The number of likely N-dealkylation sites (N-methyl/N-ethyl adjacent to an activating group) is 1. The summed E-state index contributed by atoms with van der Waals surface area (Å²) < 4.78 is 0. The number of likely N-dealkylation sites (tertiary alicyclic amines) is 1. The summed E-state index contributed by atoms with van der Waals surface area (Å²) in [5, 5.41) is 60.4. The maximum absolute atomic E-state index is 10.4. The third kappa shape index (κ3) is 52.0. The Morgan fingerprint density at radius 1 is 0.655 bits per heavy atom. The number of unbranched alkanes of at least 4 members (excludes halogenated alkanes) is 5. The summed E-state index contributed by atoms with van der Waals surface area (Å²) in [4.78, 5) is 71.7. The second-order valence-electron chi connectivity index (χ2n) is 12.1. The Bertz CT molecular complexity index is 1030. The zero-order valence-electron chi connectivity index (χ0n) is 32.4. The summed E-state index contributed by atoms with van der Waals surface area (Å²) >= 11 is 0. The van der Waals surface area contributed by atoms with Crippen LogP contribution in [0, 0.1) is 0 Å². The van der Waals surface area contributed by atoms with E-state index >= 15 is 0 Å². The lowest BCUT2D eigenvalue weighted by Gasteiger charge is -2.22. The maximum Gasteiger partial charge on any atom is 0.407 e. The second-order valence-corrected chi connectivity index (χ2v) is 12.1. The highest BCUT2D eigenvalue weighted by molar-refractivity contribution is 5.77. The van der Waals surface area contributed by atoms with Crippen molar-refractivity contribution < 1.29 is 69.3 Å². The van der Waals surface area contributed by atoms with Crippen molar-refractivity contribution in [3.63, 3.8) is 0 Å². The molecule has 0 bridgehead atoms. The van der Waals surface area contributed by atoms with Crippen LogP contribution in [0.5, 0.6) is 0 Å². The summed E-state index contributed by atoms with van der Waals surface area (Å²) in [7, 11) is 0. The zero-order chi connectivity index (χ0) is 43.8. The number of nitrogens with one attached hydrogen (secondary N) is 1. The molecule has 1 heterocycles. The van der Waals surface area contributed by atoms with Crippen molar-refractivity contribution in [2.45, 2.75) is 128 Å². The average Bonchev–Trinajstić information content (AvgIpc) is 3.12. The highest BCUT2D eigenvalue weighted by atomic mass is 16.4. The van der Waals surface area contributed by atoms with Crippen LogP contribution in [0.25, 0.3) is 0 Å². The van der Waals surface area contributed by atoms with Gasteiger partial charge in [-0.05, 0) is 70.9 Å². The first-order chi connectivity index (χ1) is 25.6. The van der Waals surface area contributed by atoms with E-state index in [2.05, 4.69) is 12.2 Å². The molecule has 1 amide bonds. The summed E-state index contributed by atoms with van der Waals surface area (Å²) in [6.07, 6.45) is 9.95. The zero-order valence-corrected chi connectivity index (χ0v) is 32.4. The molecule has 0 aromatic heterocycles. The first-order valence-corrected chi connectivity index (χ1v) is 18.1. The highest BCUT2D eigenvalue weighted by Gasteiger charge is 2.27. The third-order valence-corrected chi connectivity index (χ3v) is 6.88. The Kier molecular flexibility index (Phi) is 44.8. The molecule has 0 radical (unpaired) electrons. The van der Waals surface area contributed by atoms with E-state index in [0.29, 0.717) is 32.4 Å². The Morgan fingerprint density at radius 3 is 1.44 bits per heavy atom. The maximum atomic E-state index is 10.4. The van der Waals surface area contributed by atoms with Crippen LogP contribution in [0.1, 0.15) is 110 Å². The quantitative estimate of drug-likeness (QED) is 0.0540. The van der Waals surface area contributed by atoms with E-state index in [1.807, 2.05) is 6.92 Å². The number of carboxylic acid groups (broad SMARTS) is 7. The lowest BCUT2D eigenvalue weighted by Crippen LogP contribution is -2.56. The standard InChI is InChI=1S/C7H14N2O4.C7H15NO2.C6H11NO2.C6H13NO2.C4H9NO2.C3H8N2O2/c8-7(9,6(12)13)4-2-1-3-5(10)11;1-2-3-4-5-6(8)7(9)10;8-6(9)7-4-2-1-3-5-7;7-5-3-1-2-4-6(8)9;1-2-5-3-4(6)7;4-1-2(5)3(6)7/h1-4,8-9H2,(H,10,11)(H,12,13);6H,2-5,8H2,1H3,(H,9,10);1-5H2,(H,8,9);1-5,7H2,(H,8,9);5H,2-3H2,1H3,(H,6,7);2H,1,4-5H2,(H,6,7). The summed E-state index contributed by atoms with van der Waals surface area (Å²) in [5.74, 6) is -5.65. The molecule has 1 fully saturated rings. The molecule has 0 aliphatic carbocycles. The Labute approximate surface area is 322 Å². The van der Waals surface area contributed by atoms with Crippen molar-refractivity contribution in [2.24, 2.45) is 34.4 Å². The lowest BCUT2D eigenvalue weighted by atomic mass is 10.0. The molecular formula is C33H70N8O14. The van der Waals surface area contributed by atoms with Gasteiger partial charge >= 0.3 is 41.9 Å². The molecular weight excluding hydrogens is 732 g/mol. The van der Waals surface area contributed by atoms with Crippen molar-refractivity contribution >= 4 is 41.9 Å². The predicted octanol–water partition coefficient (Wildman–Crippen LogP) is 0.0862. The van der Waals surface area contributed by atoms with Crippen LogP contribution in [-0.2, 0) is 28.8 Å². The SMILES string of the molecule is CCCCCC(N)C(=O)O.CCNCC(=O)O.NC(N)(CCCCC(=O)O)C(=O)O.NCC(N)C(=O)O.NCCCCCC(=O)O.O=C(O)N1CCCCC1. The molecule has 1 rings (SSSR count). The van der Waals surface area contributed by atoms with E-state index in [4.69, 9.17) is 70.1 Å². The van der Waals surface area contributed by atoms with Gasteiger partial charge in [0.15, 0.2) is 5.66 Å². The first-order valence-electron chi connectivity index (χ1n) is 18.1. The second kappa shape index (κ2) is 41.0. The highest BCUT2D eigenvalue weighted by Crippen LogP contribution is 2.08. The van der Waals surface area contributed by atoms with E-state index < -0.39 is 59.7 Å². The monoisotopic (exact) mass is 803 g/mol. The van der Waals surface area contributed by atoms with Gasteiger partial charge in [0.05, 0.1) is 6.54 Å². The average molecular weight is 803 g/mol. The summed E-state index contributed by atoms with van der Waals surface area (Å²) in [6.45, 7) is 6.84. The molecule has 0 aromatic carbocycles. The number of hydrogen-bond donors (Lipinski definition) is 14. The van der Waals surface area contributed by atoms with Gasteiger partial charge < -0.3 is 80.4 Å². The largest absolute Gasteiger partial charge is 0.481 e. The van der Waals surface area contributed by atoms with E-state index in [-0.39, 0.29) is 32.4 Å². The Hall–Kier alpha value is -4.19. The van der Waals surface area contributed by atoms with Crippen LogP contribution in [0.3, 0.4) is 0 Å². The van der Waals surface area contributed by atoms with Crippen LogP contribution in [0.2, 0.25) is 0 Å². The molecule has 2 unspecified atom stereocenters. The first kappa shape index (κ1) is 60.1. The Morgan fingerprint density at radius 2 is 1.15 bits per heavy atom. The van der Waals surface area contributed by atoms with Gasteiger partial charge in [-0.1, -0.05) is 39.5 Å². The van der Waals surface area contributed by atoms with Gasteiger partial charge in [-0.3, -0.25) is 24.0 Å². The van der Waals surface area contributed by atoms with Crippen LogP contribution in [0.4, 0.5) is 4.79 Å². The number of piperidine rings is 1. The van der Waals surface area contributed by atoms with Crippen LogP contribution < -0.4 is 39.7 Å². The molecule has 22 heteroatoms. The van der Waals surface area contributed by atoms with Gasteiger partial charge in [-0.25, -0.2) is 9.59 Å². The van der Waals surface area contributed by atoms with E-state index in [0.717, 1.165) is 64.5 Å². The van der Waals surface area contributed by atoms with Crippen molar-refractivity contribution in [2.75, 3.05) is 39.3 Å². The molecule has 22 nitrogen and oxygen atoms in total. The number of carboxylic acids is 6. The van der Waals surface area contributed by atoms with Crippen LogP contribution >= 0.6 is 0 Å². The fraction of sp³-hybridized carbons (Fsp3) is 0.788. The summed E-state index contributed by atoms with van der Waals surface area (Å²) in [5.41, 5.74) is 28.9. The topological polar surface area (TPSA) is 432 Å². The molecule has 1 aliphatic heterocycles. The number of carbonyl (C=O) groups is 7. The fourth-order valence-electron chi connectivity index (χ4n) is 3.55. The van der Waals surface area contributed by atoms with E-state index in [1.54, 1.807) is 0 Å². The van der Waals surface area contributed by atoms with Gasteiger partial charge in [-0.2, -0.15) is 0 Å². The van der Waals surface area contributed by atoms with Crippen molar-refractivity contribution in [3.05, 3.63) is 0 Å². The smallest absolute Gasteiger partial charge is 0.407 e. The lowest BCUT2D eigenvalue weighted by molar-refractivity contribution is -0.143. The minimum Gasteiger partial charge on any atom is -0.481 e. The summed E-state index contributed by atoms with van der Waals surface area (Å²) in [6, 6.07) is -1.56. The van der Waals surface area contributed by atoms with E-state index in [9.17, 15) is 33.6 Å². The van der Waals surface area contributed by atoms with Gasteiger partial charge in [0.1, 0.15) is 12.1 Å². The normalized spacial score (nSPS) is 12.6. The number of amides is 1. The number of aliphatic carboxylic acids is 6. The number of rotatable bonds is 21. The van der Waals surface area contributed by atoms with Gasteiger partial charge in [0.25, 0.3) is 0 Å². The molecule has 55 heavy (non-hydrogen) atoms. The predicted molar refractivity (Wildman–Crippen MR) is 204 cm³/mol. The van der Waals surface area contributed by atoms with Gasteiger partial charge in [0.2, 0.25) is 0 Å². The molecule has 0 saturated carbocycles. The molecule has 326 valence electrons. The van der Waals surface area contributed by atoms with Crippen molar-refractivity contribution in [1.29, 1.82) is 0 Å². The fourth-order valence-corrected chi connectivity index (χ4v) is 3.55. The minimum atomic E-state index is -1.74. The molecule has 2 atom stereocenters. The van der Waals surface area contributed by atoms with Crippen LogP contribution in [-0.4, -0.2) is 140 Å². The molecule has 0 spiro atoms. The molecule has 1 saturated heterocycles. The number of nitrogens with two attached hydrogens (primary N) is 6. The van der Waals surface area contributed by atoms with E-state index in [1.165, 1.54) is 11.3 Å². The molecule has 0 aromatic rings. The van der Waals surface area contributed by atoms with Crippen molar-refractivity contribution in [1.82, 2.24) is 10.2 Å². The van der Waals surface area contributed by atoms with Crippen LogP contribution in [0.15, 0.2) is 0 Å². The Balaban J connectivity index is -0.000000184. The minimum absolute atomic E-state index is 0.00463. The molecule has 1 aliphatic rings. The number of hydrogen-bond acceptors (Lipinski definition) is 14. The third-order valence-electron chi connectivity index (χ3n) is 6.88. The van der Waals surface area contributed by atoms with Gasteiger partial charge in [0, 0.05) is 32.5 Å². The van der Waals surface area contributed by atoms with Gasteiger partial charge in [-0.15, -0.1) is 0 Å².